The van der Waals surface area contributed by atoms with E-state index in [2.05, 4.69) is 65.3 Å². The van der Waals surface area contributed by atoms with E-state index >= 15 is 0 Å². The molecule has 2 atom stereocenters. The zero-order valence-corrected chi connectivity index (χ0v) is 15.8. The minimum Gasteiger partial charge on any atom is -0.361 e. The summed E-state index contributed by atoms with van der Waals surface area (Å²) in [5.41, 5.74) is 6.45. The molecule has 0 saturated carbocycles. The monoisotopic (exact) mass is 373 g/mol. The van der Waals surface area contributed by atoms with Crippen LogP contribution in [0.2, 0.25) is 0 Å². The molecule has 3 aromatic rings. The first-order valence-electron chi connectivity index (χ1n) is 9.43. The average Bonchev–Trinajstić information content (AvgIpc) is 3.10. The Hall–Kier alpha value is -3.07. The second kappa shape index (κ2) is 7.89. The van der Waals surface area contributed by atoms with Gasteiger partial charge in [-0.05, 0) is 36.2 Å². The molecule has 1 aromatic heterocycles. The van der Waals surface area contributed by atoms with Gasteiger partial charge in [0.25, 0.3) is 5.91 Å². The zero-order chi connectivity index (χ0) is 19.5. The molecule has 1 heterocycles. The number of hydrogen-bond acceptors (Lipinski definition) is 3. The van der Waals surface area contributed by atoms with Crippen molar-refractivity contribution in [2.24, 2.45) is 5.92 Å². The van der Waals surface area contributed by atoms with Crippen molar-refractivity contribution in [3.8, 4) is 11.8 Å². The number of hydroxylamine groups is 1. The van der Waals surface area contributed by atoms with E-state index in [1.165, 1.54) is 22.0 Å². The van der Waals surface area contributed by atoms with E-state index in [4.69, 9.17) is 5.21 Å². The van der Waals surface area contributed by atoms with E-state index in [9.17, 15) is 4.79 Å². The van der Waals surface area contributed by atoms with E-state index in [-0.39, 0.29) is 5.92 Å². The third-order valence-electron chi connectivity index (χ3n) is 5.35. The number of nitrogens with zero attached hydrogens (tertiary/aromatic N) is 1. The molecule has 142 valence electrons. The maximum absolute atomic E-state index is 11.6. The Kier molecular flexibility index (Phi) is 5.16. The van der Waals surface area contributed by atoms with Gasteiger partial charge in [-0.3, -0.25) is 10.0 Å². The molecule has 0 saturated heterocycles. The van der Waals surface area contributed by atoms with Gasteiger partial charge in [-0.25, -0.2) is 5.48 Å². The van der Waals surface area contributed by atoms with Crippen LogP contribution in [0, 0.1) is 17.8 Å². The van der Waals surface area contributed by atoms with Gasteiger partial charge in [0.2, 0.25) is 0 Å². The van der Waals surface area contributed by atoms with Gasteiger partial charge in [0.05, 0.1) is 5.92 Å². The smallest absolute Gasteiger partial charge is 0.260 e. The molecule has 5 heteroatoms. The Bertz CT molecular complexity index is 1040. The fourth-order valence-corrected chi connectivity index (χ4v) is 3.68. The molecule has 1 aliphatic carbocycles. The van der Waals surface area contributed by atoms with E-state index in [1.54, 1.807) is 5.48 Å². The molecule has 2 aromatic carbocycles. The van der Waals surface area contributed by atoms with Crippen molar-refractivity contribution in [1.82, 2.24) is 15.4 Å². The minimum absolute atomic E-state index is 0.138. The number of amides is 1. The second-order valence-electron chi connectivity index (χ2n) is 7.31. The maximum atomic E-state index is 11.6. The molecule has 0 bridgehead atoms. The first-order valence-corrected chi connectivity index (χ1v) is 9.43. The quantitative estimate of drug-likeness (QED) is 0.339. The molecule has 2 unspecified atom stereocenters. The highest BCUT2D eigenvalue weighted by Gasteiger charge is 2.31. The first kappa shape index (κ1) is 18.3. The lowest BCUT2D eigenvalue weighted by molar-refractivity contribution is -0.132. The van der Waals surface area contributed by atoms with Gasteiger partial charge < -0.3 is 9.88 Å². The van der Waals surface area contributed by atoms with Crippen LogP contribution in [0.1, 0.15) is 22.6 Å². The molecule has 0 fully saturated rings. The third kappa shape index (κ3) is 3.65. The summed E-state index contributed by atoms with van der Waals surface area (Å²) in [5, 5.41) is 10.1. The van der Waals surface area contributed by atoms with Crippen molar-refractivity contribution in [1.29, 1.82) is 0 Å². The molecule has 0 spiro atoms. The number of fused-ring (bicyclic) bond motifs is 1. The number of para-hydroxylation sites is 1. The summed E-state index contributed by atoms with van der Waals surface area (Å²) < 4.78 is 0. The number of nitrogens with one attached hydrogen (secondary N) is 2. The van der Waals surface area contributed by atoms with Crippen molar-refractivity contribution < 1.29 is 10.0 Å². The van der Waals surface area contributed by atoms with Gasteiger partial charge in [0.15, 0.2) is 0 Å². The van der Waals surface area contributed by atoms with Crippen LogP contribution >= 0.6 is 0 Å². The van der Waals surface area contributed by atoms with Crippen LogP contribution in [0.25, 0.3) is 10.9 Å². The molecule has 4 rings (SSSR count). The van der Waals surface area contributed by atoms with Crippen molar-refractivity contribution in [2.75, 3.05) is 13.6 Å². The summed E-state index contributed by atoms with van der Waals surface area (Å²) in [5.74, 6) is 4.76. The number of likely N-dealkylation sites (N-methyl/N-ethyl adjacent to an activating group) is 1. The Morgan fingerprint density at radius 2 is 1.96 bits per heavy atom. The van der Waals surface area contributed by atoms with E-state index in [0.29, 0.717) is 0 Å². The van der Waals surface area contributed by atoms with Gasteiger partial charge in [-0.15, -0.1) is 0 Å². The van der Waals surface area contributed by atoms with Crippen molar-refractivity contribution >= 4 is 16.8 Å². The number of aromatic nitrogens is 1. The molecule has 3 N–H and O–H groups in total. The number of hydrogen-bond donors (Lipinski definition) is 3. The Morgan fingerprint density at radius 3 is 2.68 bits per heavy atom. The van der Waals surface area contributed by atoms with E-state index in [0.717, 1.165) is 25.1 Å². The number of aromatic amines is 1. The predicted octanol–water partition coefficient (Wildman–Crippen LogP) is 3.06. The van der Waals surface area contributed by atoms with Crippen LogP contribution < -0.4 is 5.48 Å². The summed E-state index contributed by atoms with van der Waals surface area (Å²) in [4.78, 5) is 17.2. The number of carbonyl (C=O) groups excluding carboxylic acids is 1. The summed E-state index contributed by atoms with van der Waals surface area (Å²) in [7, 11) is 2.13. The van der Waals surface area contributed by atoms with Crippen LogP contribution in [0.3, 0.4) is 0 Å². The number of H-pyrrole nitrogens is 1. The molecular weight excluding hydrogens is 350 g/mol. The zero-order valence-electron chi connectivity index (χ0n) is 15.8. The van der Waals surface area contributed by atoms with Crippen molar-refractivity contribution in [3.63, 3.8) is 0 Å². The number of rotatable bonds is 7. The fraction of sp³-hybridized carbons (Fsp3) is 0.261. The third-order valence-corrected chi connectivity index (χ3v) is 5.35. The van der Waals surface area contributed by atoms with Crippen LogP contribution in [-0.2, 0) is 17.8 Å². The molecular formula is C23H23N3O2. The largest absolute Gasteiger partial charge is 0.361 e. The highest BCUT2D eigenvalue weighted by Crippen LogP contribution is 2.30. The van der Waals surface area contributed by atoms with Crippen LogP contribution in [0.4, 0.5) is 0 Å². The molecule has 1 amide bonds. The van der Waals surface area contributed by atoms with Gasteiger partial charge >= 0.3 is 0 Å². The standard InChI is InChI=1S/C23H23N3O2/c1-26(13-12-18-14-24-22-5-3-2-4-20(18)22)15-16-6-8-17(9-7-16)19-10-11-21(19)23(27)25-28/h2-9,14,19,21,24,28H,12-13,15H2,1H3,(H,25,27). The molecule has 5 nitrogen and oxygen atoms in total. The summed E-state index contributed by atoms with van der Waals surface area (Å²) in [6, 6.07) is 16.6. The number of benzene rings is 2. The highest BCUT2D eigenvalue weighted by atomic mass is 16.5. The van der Waals surface area contributed by atoms with Crippen molar-refractivity contribution in [3.05, 3.63) is 71.4 Å². The number of carbonyl (C=O) groups is 1. The summed E-state index contributed by atoms with van der Waals surface area (Å²) >= 11 is 0. The summed E-state index contributed by atoms with van der Waals surface area (Å²) in [6.45, 7) is 1.83. The topological polar surface area (TPSA) is 68.4 Å². The van der Waals surface area contributed by atoms with Crippen LogP contribution in [0.15, 0.2) is 54.7 Å². The summed E-state index contributed by atoms with van der Waals surface area (Å²) in [6.07, 6.45) is 3.10. The van der Waals surface area contributed by atoms with E-state index in [1.807, 2.05) is 18.2 Å². The van der Waals surface area contributed by atoms with Gasteiger partial charge in [0, 0.05) is 30.2 Å². The van der Waals surface area contributed by atoms with Gasteiger partial charge in [-0.1, -0.05) is 54.3 Å². The lowest BCUT2D eigenvalue weighted by atomic mass is 9.79. The Labute approximate surface area is 164 Å². The highest BCUT2D eigenvalue weighted by molar-refractivity contribution is 5.84. The van der Waals surface area contributed by atoms with Gasteiger partial charge in [0.1, 0.15) is 5.92 Å². The maximum Gasteiger partial charge on any atom is 0.260 e. The SMILES string of the molecule is CN(CCc1c[nH]c2ccccc12)Cc1ccc(C2C#CC2C(=O)NO)cc1. The second-order valence-corrected chi connectivity index (χ2v) is 7.31. The fourth-order valence-electron chi connectivity index (χ4n) is 3.68. The van der Waals surface area contributed by atoms with Crippen LogP contribution in [0.5, 0.6) is 0 Å². The molecule has 1 aliphatic rings. The average molecular weight is 373 g/mol. The Balaban J connectivity index is 1.33. The van der Waals surface area contributed by atoms with Crippen molar-refractivity contribution in [2.45, 2.75) is 18.9 Å². The molecule has 0 aliphatic heterocycles. The lowest BCUT2D eigenvalue weighted by Gasteiger charge is -2.23. The van der Waals surface area contributed by atoms with E-state index < -0.39 is 11.8 Å². The molecule has 0 radical (unpaired) electrons. The predicted molar refractivity (Wildman–Crippen MR) is 109 cm³/mol. The molecule has 28 heavy (non-hydrogen) atoms. The Morgan fingerprint density at radius 1 is 1.18 bits per heavy atom. The van der Waals surface area contributed by atoms with Crippen LogP contribution in [-0.4, -0.2) is 34.6 Å². The lowest BCUT2D eigenvalue weighted by Crippen LogP contribution is -2.34. The van der Waals surface area contributed by atoms with Gasteiger partial charge in [-0.2, -0.15) is 0 Å². The normalized spacial score (nSPS) is 17.8. The first-order chi connectivity index (χ1) is 13.7. The minimum atomic E-state index is -0.463.